The van der Waals surface area contributed by atoms with E-state index in [9.17, 15) is 4.79 Å². The van der Waals surface area contributed by atoms with Crippen molar-refractivity contribution in [3.8, 4) is 0 Å². The highest BCUT2D eigenvalue weighted by atomic mass is 35.5. The smallest absolute Gasteiger partial charge is 0.234 e. The van der Waals surface area contributed by atoms with Crippen molar-refractivity contribution in [3.63, 3.8) is 0 Å². The number of ether oxygens (including phenoxy) is 1. The van der Waals surface area contributed by atoms with Crippen LogP contribution in [0.2, 0.25) is 10.0 Å². The Balaban J connectivity index is 1.57. The van der Waals surface area contributed by atoms with Gasteiger partial charge in [0.25, 0.3) is 0 Å². The highest BCUT2D eigenvalue weighted by molar-refractivity contribution is 7.99. The van der Waals surface area contributed by atoms with E-state index in [2.05, 4.69) is 10.2 Å². The number of anilines is 2. The molecule has 7 heteroatoms. The zero-order chi connectivity index (χ0) is 18.4. The maximum Gasteiger partial charge on any atom is 0.234 e. The van der Waals surface area contributed by atoms with Crippen LogP contribution in [0.3, 0.4) is 0 Å². The normalized spacial score (nSPS) is 14.3. The molecule has 1 heterocycles. The summed E-state index contributed by atoms with van der Waals surface area (Å²) in [6.07, 6.45) is 0. The molecule has 1 aliphatic heterocycles. The molecule has 3 rings (SSSR count). The van der Waals surface area contributed by atoms with E-state index in [0.717, 1.165) is 35.8 Å². The molecule has 1 amide bonds. The third-order valence-corrected chi connectivity index (χ3v) is 5.49. The van der Waals surface area contributed by atoms with Gasteiger partial charge in [-0.15, -0.1) is 11.8 Å². The molecule has 2 aromatic rings. The van der Waals surface area contributed by atoms with Crippen LogP contribution in [0.5, 0.6) is 0 Å². The number of thioether (sulfide) groups is 1. The van der Waals surface area contributed by atoms with Crippen LogP contribution in [0.4, 0.5) is 11.4 Å². The summed E-state index contributed by atoms with van der Waals surface area (Å²) in [7, 11) is 0. The quantitative estimate of drug-likeness (QED) is 0.748. The first kappa shape index (κ1) is 19.4. The first-order chi connectivity index (χ1) is 12.6. The van der Waals surface area contributed by atoms with E-state index < -0.39 is 0 Å². The monoisotopic (exact) mass is 410 g/mol. The number of nitrogens with one attached hydrogen (secondary N) is 1. The molecule has 0 bridgehead atoms. The molecular formula is C19H20Cl2N2O2S. The SMILES string of the molecule is O=C(CSCc1ccc(Cl)cc1)Nc1cc(Cl)ccc1N1CCOCC1. The third kappa shape index (κ3) is 5.55. The van der Waals surface area contributed by atoms with E-state index in [1.54, 1.807) is 17.8 Å². The highest BCUT2D eigenvalue weighted by Gasteiger charge is 2.16. The minimum absolute atomic E-state index is 0.0410. The molecule has 1 fully saturated rings. The van der Waals surface area contributed by atoms with Crippen molar-refractivity contribution in [2.24, 2.45) is 0 Å². The number of amides is 1. The van der Waals surface area contributed by atoms with Crippen LogP contribution < -0.4 is 10.2 Å². The summed E-state index contributed by atoms with van der Waals surface area (Å²) < 4.78 is 5.40. The second-order valence-corrected chi connectivity index (χ2v) is 7.79. The summed E-state index contributed by atoms with van der Waals surface area (Å²) in [5.74, 6) is 1.09. The zero-order valence-electron chi connectivity index (χ0n) is 14.2. The Hall–Kier alpha value is -1.40. The Kier molecular flexibility index (Phi) is 7.08. The standard InChI is InChI=1S/C19H20Cl2N2O2S/c20-15-3-1-14(2-4-15)12-26-13-19(24)22-17-11-16(21)5-6-18(17)23-7-9-25-10-8-23/h1-6,11H,7-10,12-13H2,(H,22,24). The van der Waals surface area contributed by atoms with Crippen LogP contribution >= 0.6 is 35.0 Å². The molecule has 0 atom stereocenters. The van der Waals surface area contributed by atoms with E-state index in [0.29, 0.717) is 29.0 Å². The molecule has 0 saturated carbocycles. The lowest BCUT2D eigenvalue weighted by atomic mass is 10.2. The van der Waals surface area contributed by atoms with E-state index in [1.165, 1.54) is 0 Å². The van der Waals surface area contributed by atoms with Gasteiger partial charge < -0.3 is 15.0 Å². The Labute approximate surface area is 167 Å². The van der Waals surface area contributed by atoms with Crippen molar-refractivity contribution in [3.05, 3.63) is 58.1 Å². The van der Waals surface area contributed by atoms with Crippen LogP contribution in [-0.4, -0.2) is 38.0 Å². The van der Waals surface area contributed by atoms with Gasteiger partial charge in [-0.1, -0.05) is 35.3 Å². The lowest BCUT2D eigenvalue weighted by Crippen LogP contribution is -2.36. The predicted octanol–water partition coefficient (Wildman–Crippen LogP) is 4.70. The first-order valence-electron chi connectivity index (χ1n) is 8.36. The minimum Gasteiger partial charge on any atom is -0.378 e. The van der Waals surface area contributed by atoms with Crippen LogP contribution in [0.15, 0.2) is 42.5 Å². The molecule has 0 unspecified atom stereocenters. The van der Waals surface area contributed by atoms with Crippen molar-refractivity contribution in [2.75, 3.05) is 42.3 Å². The molecule has 0 aliphatic carbocycles. The number of carbonyl (C=O) groups is 1. The third-order valence-electron chi connectivity index (χ3n) is 4.00. The predicted molar refractivity (Wildman–Crippen MR) is 111 cm³/mol. The maximum atomic E-state index is 12.4. The fourth-order valence-corrected chi connectivity index (χ4v) is 3.80. The molecule has 0 radical (unpaired) electrons. The largest absolute Gasteiger partial charge is 0.378 e. The Morgan fingerprint density at radius 3 is 2.50 bits per heavy atom. The Morgan fingerprint density at radius 1 is 1.08 bits per heavy atom. The number of hydrogen-bond donors (Lipinski definition) is 1. The van der Waals surface area contributed by atoms with Gasteiger partial charge in [0.1, 0.15) is 0 Å². The van der Waals surface area contributed by atoms with Gasteiger partial charge in [0.15, 0.2) is 0 Å². The summed E-state index contributed by atoms with van der Waals surface area (Å²) in [6, 6.07) is 13.3. The van der Waals surface area contributed by atoms with E-state index >= 15 is 0 Å². The van der Waals surface area contributed by atoms with Crippen molar-refractivity contribution in [1.82, 2.24) is 0 Å². The maximum absolute atomic E-state index is 12.4. The summed E-state index contributed by atoms with van der Waals surface area (Å²) in [5, 5.41) is 4.31. The van der Waals surface area contributed by atoms with Gasteiger partial charge >= 0.3 is 0 Å². The van der Waals surface area contributed by atoms with Crippen LogP contribution in [-0.2, 0) is 15.3 Å². The van der Waals surface area contributed by atoms with Gasteiger partial charge in [0, 0.05) is 28.9 Å². The van der Waals surface area contributed by atoms with Gasteiger partial charge in [0.2, 0.25) is 5.91 Å². The van der Waals surface area contributed by atoms with Crippen LogP contribution in [0.1, 0.15) is 5.56 Å². The molecule has 138 valence electrons. The molecule has 0 spiro atoms. The number of rotatable bonds is 6. The molecule has 1 aliphatic rings. The van der Waals surface area contributed by atoms with Gasteiger partial charge in [-0.3, -0.25) is 4.79 Å². The van der Waals surface area contributed by atoms with Crippen LogP contribution in [0, 0.1) is 0 Å². The number of halogens is 2. The van der Waals surface area contributed by atoms with Crippen LogP contribution in [0.25, 0.3) is 0 Å². The molecular weight excluding hydrogens is 391 g/mol. The number of benzene rings is 2. The summed E-state index contributed by atoms with van der Waals surface area (Å²) in [5.41, 5.74) is 2.87. The molecule has 1 saturated heterocycles. The lowest BCUT2D eigenvalue weighted by molar-refractivity contribution is -0.113. The number of morpholine rings is 1. The second kappa shape index (κ2) is 9.51. The summed E-state index contributed by atoms with van der Waals surface area (Å²) in [4.78, 5) is 14.6. The number of carbonyl (C=O) groups excluding carboxylic acids is 1. The molecule has 0 aromatic heterocycles. The van der Waals surface area contributed by atoms with E-state index in [4.69, 9.17) is 27.9 Å². The molecule has 26 heavy (non-hydrogen) atoms. The van der Waals surface area contributed by atoms with E-state index in [-0.39, 0.29) is 5.91 Å². The van der Waals surface area contributed by atoms with Gasteiger partial charge in [-0.05, 0) is 35.9 Å². The molecule has 4 nitrogen and oxygen atoms in total. The molecule has 2 aromatic carbocycles. The first-order valence-corrected chi connectivity index (χ1v) is 10.3. The average molecular weight is 411 g/mol. The highest BCUT2D eigenvalue weighted by Crippen LogP contribution is 2.30. The summed E-state index contributed by atoms with van der Waals surface area (Å²) >= 11 is 13.6. The van der Waals surface area contributed by atoms with Crippen molar-refractivity contribution in [1.29, 1.82) is 0 Å². The molecule has 1 N–H and O–H groups in total. The average Bonchev–Trinajstić information content (AvgIpc) is 2.64. The van der Waals surface area contributed by atoms with E-state index in [1.807, 2.05) is 36.4 Å². The van der Waals surface area contributed by atoms with Crippen molar-refractivity contribution in [2.45, 2.75) is 5.75 Å². The van der Waals surface area contributed by atoms with Gasteiger partial charge in [-0.25, -0.2) is 0 Å². The summed E-state index contributed by atoms with van der Waals surface area (Å²) in [6.45, 7) is 2.98. The minimum atomic E-state index is -0.0410. The fourth-order valence-electron chi connectivity index (χ4n) is 2.72. The number of nitrogens with zero attached hydrogens (tertiary/aromatic N) is 1. The van der Waals surface area contributed by atoms with Gasteiger partial charge in [0.05, 0.1) is 30.3 Å². The van der Waals surface area contributed by atoms with Crippen molar-refractivity contribution >= 4 is 52.2 Å². The Bertz CT molecular complexity index is 750. The second-order valence-electron chi connectivity index (χ2n) is 5.93. The Morgan fingerprint density at radius 2 is 1.77 bits per heavy atom. The van der Waals surface area contributed by atoms with Crippen molar-refractivity contribution < 1.29 is 9.53 Å². The van der Waals surface area contributed by atoms with Gasteiger partial charge in [-0.2, -0.15) is 0 Å². The fraction of sp³-hybridized carbons (Fsp3) is 0.316. The zero-order valence-corrected chi connectivity index (χ0v) is 16.5. The lowest BCUT2D eigenvalue weighted by Gasteiger charge is -2.30. The topological polar surface area (TPSA) is 41.6 Å². The number of hydrogen-bond acceptors (Lipinski definition) is 4.